The number of aromatic amines is 1. The number of aromatic nitrogens is 2. The highest BCUT2D eigenvalue weighted by Crippen LogP contribution is 2.15. The smallest absolute Gasteiger partial charge is 0.256 e. The van der Waals surface area contributed by atoms with Gasteiger partial charge in [-0.3, -0.25) is 4.79 Å². The Morgan fingerprint density at radius 3 is 3.19 bits per heavy atom. The highest BCUT2D eigenvalue weighted by atomic mass is 16.5. The molecular formula is C11H16N2O3. The van der Waals surface area contributed by atoms with Crippen LogP contribution in [-0.2, 0) is 22.5 Å². The molecule has 0 fully saturated rings. The van der Waals surface area contributed by atoms with E-state index in [1.807, 2.05) is 13.8 Å². The minimum Gasteiger partial charge on any atom is -0.376 e. The lowest BCUT2D eigenvalue weighted by molar-refractivity contribution is 0.0682. The third-order valence-electron chi connectivity index (χ3n) is 2.65. The summed E-state index contributed by atoms with van der Waals surface area (Å²) in [6, 6.07) is 0. The summed E-state index contributed by atoms with van der Waals surface area (Å²) < 4.78 is 10.6. The van der Waals surface area contributed by atoms with Crippen molar-refractivity contribution in [3.63, 3.8) is 0 Å². The van der Waals surface area contributed by atoms with Gasteiger partial charge in [-0.15, -0.1) is 0 Å². The third kappa shape index (κ3) is 2.15. The average Bonchev–Trinajstić information content (AvgIpc) is 2.29. The van der Waals surface area contributed by atoms with Gasteiger partial charge in [-0.05, 0) is 13.8 Å². The molecule has 0 aromatic carbocycles. The van der Waals surface area contributed by atoms with Crippen molar-refractivity contribution in [3.8, 4) is 0 Å². The maximum atomic E-state index is 11.8. The van der Waals surface area contributed by atoms with Crippen LogP contribution in [0.1, 0.15) is 37.0 Å². The van der Waals surface area contributed by atoms with Gasteiger partial charge in [0.25, 0.3) is 5.56 Å². The molecular weight excluding hydrogens is 208 g/mol. The number of nitrogens with one attached hydrogen (secondary N) is 1. The van der Waals surface area contributed by atoms with E-state index in [4.69, 9.17) is 9.47 Å². The molecule has 1 unspecified atom stereocenters. The molecule has 1 aromatic heterocycles. The Bertz CT molecular complexity index is 428. The summed E-state index contributed by atoms with van der Waals surface area (Å²) in [5.74, 6) is 0.604. The third-order valence-corrected chi connectivity index (χ3v) is 2.65. The van der Waals surface area contributed by atoms with Crippen LogP contribution < -0.4 is 5.56 Å². The molecule has 0 amide bonds. The quantitative estimate of drug-likeness (QED) is 0.830. The van der Waals surface area contributed by atoms with Crippen LogP contribution in [0.3, 0.4) is 0 Å². The number of hydrogen-bond acceptors (Lipinski definition) is 4. The van der Waals surface area contributed by atoms with E-state index in [0.717, 1.165) is 5.69 Å². The summed E-state index contributed by atoms with van der Waals surface area (Å²) in [6.45, 7) is 5.40. The molecule has 0 saturated heterocycles. The van der Waals surface area contributed by atoms with Gasteiger partial charge >= 0.3 is 0 Å². The van der Waals surface area contributed by atoms with Gasteiger partial charge in [0.15, 0.2) is 0 Å². The van der Waals surface area contributed by atoms with Gasteiger partial charge < -0.3 is 14.5 Å². The molecule has 0 bridgehead atoms. The molecule has 0 saturated carbocycles. The lowest BCUT2D eigenvalue weighted by atomic mass is 10.1. The van der Waals surface area contributed by atoms with Crippen LogP contribution in [0.25, 0.3) is 0 Å². The molecule has 1 aromatic rings. The molecule has 0 radical (unpaired) electrons. The normalized spacial score (nSPS) is 16.9. The first-order valence-corrected chi connectivity index (χ1v) is 5.53. The van der Waals surface area contributed by atoms with Crippen LogP contribution in [-0.4, -0.2) is 23.2 Å². The topological polar surface area (TPSA) is 64.2 Å². The van der Waals surface area contributed by atoms with Crippen LogP contribution in [0.4, 0.5) is 0 Å². The minimum absolute atomic E-state index is 0.105. The highest BCUT2D eigenvalue weighted by Gasteiger charge is 2.18. The van der Waals surface area contributed by atoms with Gasteiger partial charge in [0.2, 0.25) is 0 Å². The summed E-state index contributed by atoms with van der Waals surface area (Å²) in [7, 11) is 0. The van der Waals surface area contributed by atoms with Crippen LogP contribution in [0.5, 0.6) is 0 Å². The van der Waals surface area contributed by atoms with Gasteiger partial charge in [0.05, 0.1) is 24.5 Å². The highest BCUT2D eigenvalue weighted by molar-refractivity contribution is 5.19. The molecule has 0 aliphatic carbocycles. The van der Waals surface area contributed by atoms with Gasteiger partial charge in [-0.2, -0.15) is 0 Å². The van der Waals surface area contributed by atoms with Crippen LogP contribution >= 0.6 is 0 Å². The molecule has 0 spiro atoms. The van der Waals surface area contributed by atoms with Crippen LogP contribution in [0.15, 0.2) is 4.79 Å². The van der Waals surface area contributed by atoms with E-state index in [2.05, 4.69) is 9.97 Å². The van der Waals surface area contributed by atoms with Crippen LogP contribution in [0, 0.1) is 0 Å². The van der Waals surface area contributed by atoms with Crippen molar-refractivity contribution in [2.75, 3.05) is 13.2 Å². The zero-order valence-electron chi connectivity index (χ0n) is 9.58. The number of nitrogens with zero attached hydrogens (tertiary/aromatic N) is 1. The number of hydrogen-bond donors (Lipinski definition) is 1. The summed E-state index contributed by atoms with van der Waals surface area (Å²) >= 11 is 0. The molecule has 16 heavy (non-hydrogen) atoms. The van der Waals surface area contributed by atoms with Crippen molar-refractivity contribution in [2.24, 2.45) is 0 Å². The van der Waals surface area contributed by atoms with E-state index >= 15 is 0 Å². The Morgan fingerprint density at radius 1 is 1.62 bits per heavy atom. The van der Waals surface area contributed by atoms with E-state index in [9.17, 15) is 4.79 Å². The van der Waals surface area contributed by atoms with Gasteiger partial charge in [0, 0.05) is 13.0 Å². The molecule has 1 aliphatic rings. The fourth-order valence-electron chi connectivity index (χ4n) is 1.78. The van der Waals surface area contributed by atoms with Crippen molar-refractivity contribution in [1.29, 1.82) is 0 Å². The maximum absolute atomic E-state index is 11.8. The molecule has 5 nitrogen and oxygen atoms in total. The molecule has 1 atom stereocenters. The van der Waals surface area contributed by atoms with Crippen molar-refractivity contribution in [1.82, 2.24) is 9.97 Å². The molecule has 1 N–H and O–H groups in total. The average molecular weight is 224 g/mol. The van der Waals surface area contributed by atoms with E-state index in [1.165, 1.54) is 0 Å². The number of H-pyrrole nitrogens is 1. The first-order valence-electron chi connectivity index (χ1n) is 5.53. The Hall–Kier alpha value is -1.20. The van der Waals surface area contributed by atoms with Gasteiger partial charge in [-0.1, -0.05) is 0 Å². The number of rotatable bonds is 3. The van der Waals surface area contributed by atoms with E-state index in [-0.39, 0.29) is 11.7 Å². The summed E-state index contributed by atoms with van der Waals surface area (Å²) in [5, 5.41) is 0. The van der Waals surface area contributed by atoms with Crippen LogP contribution in [0.2, 0.25) is 0 Å². The summed E-state index contributed by atoms with van der Waals surface area (Å²) in [5.41, 5.74) is 1.39. The largest absolute Gasteiger partial charge is 0.376 e. The van der Waals surface area contributed by atoms with E-state index < -0.39 is 0 Å². The Morgan fingerprint density at radius 2 is 2.44 bits per heavy atom. The second kappa shape index (κ2) is 4.76. The fraction of sp³-hybridized carbons (Fsp3) is 0.636. The number of fused-ring (bicyclic) bond motifs is 1. The predicted octanol–water partition coefficient (Wildman–Crippen LogP) is 0.940. The van der Waals surface area contributed by atoms with E-state index in [0.29, 0.717) is 37.6 Å². The van der Waals surface area contributed by atoms with Gasteiger partial charge in [-0.25, -0.2) is 4.98 Å². The van der Waals surface area contributed by atoms with Crippen molar-refractivity contribution in [3.05, 3.63) is 27.4 Å². The Balaban J connectivity index is 2.35. The maximum Gasteiger partial charge on any atom is 0.256 e. The molecule has 5 heteroatoms. The number of ether oxygens (including phenoxy) is 2. The first-order chi connectivity index (χ1) is 7.72. The molecule has 1 aliphatic heterocycles. The van der Waals surface area contributed by atoms with Crippen molar-refractivity contribution in [2.45, 2.75) is 33.0 Å². The predicted molar refractivity (Wildman–Crippen MR) is 58.3 cm³/mol. The van der Waals surface area contributed by atoms with Gasteiger partial charge in [0.1, 0.15) is 11.9 Å². The Kier molecular flexibility index (Phi) is 3.36. The zero-order valence-corrected chi connectivity index (χ0v) is 9.58. The Labute approximate surface area is 93.8 Å². The SMILES string of the molecule is CCOC(C)c1nc2c(c(=O)[nH]1)COCC2. The molecule has 2 heterocycles. The van der Waals surface area contributed by atoms with Crippen molar-refractivity contribution >= 4 is 0 Å². The summed E-state index contributed by atoms with van der Waals surface area (Å²) in [4.78, 5) is 18.9. The standard InChI is InChI=1S/C11H16N2O3/c1-3-16-7(2)10-12-9-4-5-15-6-8(9)11(14)13-10/h7H,3-6H2,1-2H3,(H,12,13,14). The summed E-state index contributed by atoms with van der Waals surface area (Å²) in [6.07, 6.45) is 0.524. The lowest BCUT2D eigenvalue weighted by Gasteiger charge is -2.17. The molecule has 88 valence electrons. The van der Waals surface area contributed by atoms with E-state index in [1.54, 1.807) is 0 Å². The molecule has 2 rings (SSSR count). The first kappa shape index (κ1) is 11.3. The second-order valence-electron chi connectivity index (χ2n) is 3.78. The monoisotopic (exact) mass is 224 g/mol. The zero-order chi connectivity index (χ0) is 11.5. The lowest BCUT2D eigenvalue weighted by Crippen LogP contribution is -2.26. The fourth-order valence-corrected chi connectivity index (χ4v) is 1.78. The second-order valence-corrected chi connectivity index (χ2v) is 3.78. The minimum atomic E-state index is -0.175. The van der Waals surface area contributed by atoms with Crippen molar-refractivity contribution < 1.29 is 9.47 Å².